The number of nitrogens with zero attached hydrogens (tertiary/aromatic N) is 2. The van der Waals surface area contributed by atoms with Crippen LogP contribution >= 0.6 is 0 Å². The topological polar surface area (TPSA) is 54.9 Å². The van der Waals surface area contributed by atoms with E-state index in [1.807, 2.05) is 24.3 Å². The lowest BCUT2D eigenvalue weighted by Gasteiger charge is -2.21. The smallest absolute Gasteiger partial charge is 0.255 e. The van der Waals surface area contributed by atoms with E-state index < -0.39 is 0 Å². The van der Waals surface area contributed by atoms with Crippen molar-refractivity contribution in [1.29, 1.82) is 0 Å². The van der Waals surface area contributed by atoms with Crippen LogP contribution in [0.5, 0.6) is 0 Å². The van der Waals surface area contributed by atoms with Crippen LogP contribution in [0.15, 0.2) is 48.8 Å². The third-order valence-corrected chi connectivity index (χ3v) is 4.35. The average Bonchev–Trinajstić information content (AvgIpc) is 2.62. The van der Waals surface area contributed by atoms with Crippen LogP contribution in [-0.2, 0) is 12.8 Å². The van der Waals surface area contributed by atoms with E-state index in [1.165, 1.54) is 5.56 Å². The zero-order valence-electron chi connectivity index (χ0n) is 12.7. The predicted molar refractivity (Wildman–Crippen MR) is 90.6 cm³/mol. The molecule has 23 heavy (non-hydrogen) atoms. The summed E-state index contributed by atoms with van der Waals surface area (Å²) in [5, 5.41) is 4.13. The highest BCUT2D eigenvalue weighted by molar-refractivity contribution is 6.09. The molecule has 1 aliphatic carbocycles. The van der Waals surface area contributed by atoms with Crippen molar-refractivity contribution < 1.29 is 4.79 Å². The highest BCUT2D eigenvalue weighted by Gasteiger charge is 2.19. The number of amides is 1. The molecule has 4 rings (SSSR count). The number of hydrogen-bond acceptors (Lipinski definition) is 3. The largest absolute Gasteiger partial charge is 0.321 e. The van der Waals surface area contributed by atoms with E-state index in [-0.39, 0.29) is 5.91 Å². The van der Waals surface area contributed by atoms with Crippen molar-refractivity contribution in [2.45, 2.75) is 25.7 Å². The second-order valence-corrected chi connectivity index (χ2v) is 5.83. The monoisotopic (exact) mass is 303 g/mol. The maximum atomic E-state index is 12.6. The van der Waals surface area contributed by atoms with E-state index in [4.69, 9.17) is 4.98 Å². The standard InChI is InChI=1S/C19H17N3O/c23-19(13-9-11-20-12-10-13)22-18-14-5-1-3-7-16(14)21-17-8-4-2-6-15(17)18/h1,3,5,7,9-12H,2,4,6,8H2,(H,21,22,23). The molecular formula is C19H17N3O. The molecule has 2 heterocycles. The van der Waals surface area contributed by atoms with Crippen LogP contribution in [0, 0.1) is 0 Å². The number of pyridine rings is 2. The van der Waals surface area contributed by atoms with Crippen LogP contribution in [0.2, 0.25) is 0 Å². The van der Waals surface area contributed by atoms with Crippen molar-refractivity contribution in [2.24, 2.45) is 0 Å². The number of hydrogen-bond donors (Lipinski definition) is 1. The van der Waals surface area contributed by atoms with Crippen molar-refractivity contribution in [2.75, 3.05) is 5.32 Å². The number of anilines is 1. The highest BCUT2D eigenvalue weighted by Crippen LogP contribution is 2.33. The number of nitrogens with one attached hydrogen (secondary N) is 1. The first-order valence-corrected chi connectivity index (χ1v) is 7.95. The normalized spacial score (nSPS) is 13.6. The number of benzene rings is 1. The molecule has 0 fully saturated rings. The minimum atomic E-state index is -0.100. The molecule has 0 saturated carbocycles. The summed E-state index contributed by atoms with van der Waals surface area (Å²) in [5.41, 5.74) is 4.80. The summed E-state index contributed by atoms with van der Waals surface area (Å²) in [4.78, 5) is 21.3. The lowest BCUT2D eigenvalue weighted by atomic mass is 9.92. The summed E-state index contributed by atoms with van der Waals surface area (Å²) >= 11 is 0. The molecule has 0 aliphatic heterocycles. The van der Waals surface area contributed by atoms with Gasteiger partial charge < -0.3 is 5.32 Å². The average molecular weight is 303 g/mol. The Balaban J connectivity index is 1.83. The summed E-state index contributed by atoms with van der Waals surface area (Å²) in [7, 11) is 0. The summed E-state index contributed by atoms with van der Waals surface area (Å²) in [6.07, 6.45) is 7.53. The molecule has 0 bridgehead atoms. The van der Waals surface area contributed by atoms with Crippen molar-refractivity contribution in [3.63, 3.8) is 0 Å². The van der Waals surface area contributed by atoms with Gasteiger partial charge in [-0.1, -0.05) is 18.2 Å². The number of aryl methyl sites for hydroxylation is 1. The van der Waals surface area contributed by atoms with Crippen LogP contribution in [0.4, 0.5) is 5.69 Å². The Hall–Kier alpha value is -2.75. The molecule has 0 saturated heterocycles. The maximum Gasteiger partial charge on any atom is 0.255 e. The van der Waals surface area contributed by atoms with Gasteiger partial charge in [-0.15, -0.1) is 0 Å². The zero-order chi connectivity index (χ0) is 15.6. The first-order valence-electron chi connectivity index (χ1n) is 7.95. The quantitative estimate of drug-likeness (QED) is 0.784. The van der Waals surface area contributed by atoms with Crippen molar-refractivity contribution in [1.82, 2.24) is 9.97 Å². The lowest BCUT2D eigenvalue weighted by molar-refractivity contribution is 0.102. The molecular weight excluding hydrogens is 286 g/mol. The van der Waals surface area contributed by atoms with Crippen LogP contribution in [-0.4, -0.2) is 15.9 Å². The fourth-order valence-electron chi connectivity index (χ4n) is 3.20. The predicted octanol–water partition coefficient (Wildman–Crippen LogP) is 3.76. The van der Waals surface area contributed by atoms with Crippen molar-refractivity contribution in [3.05, 3.63) is 65.6 Å². The van der Waals surface area contributed by atoms with E-state index in [0.29, 0.717) is 5.56 Å². The number of rotatable bonds is 2. The first-order chi connectivity index (χ1) is 11.3. The molecule has 4 nitrogen and oxygen atoms in total. The van der Waals surface area contributed by atoms with Crippen LogP contribution in [0.3, 0.4) is 0 Å². The molecule has 1 N–H and O–H groups in total. The molecule has 1 aliphatic rings. The van der Waals surface area contributed by atoms with Gasteiger partial charge in [0.05, 0.1) is 11.2 Å². The van der Waals surface area contributed by atoms with E-state index >= 15 is 0 Å². The molecule has 1 aromatic carbocycles. The van der Waals surface area contributed by atoms with Crippen molar-refractivity contribution >= 4 is 22.5 Å². The zero-order valence-corrected chi connectivity index (χ0v) is 12.7. The Kier molecular flexibility index (Phi) is 3.50. The molecule has 0 spiro atoms. The van der Waals surface area contributed by atoms with Gasteiger partial charge in [-0.2, -0.15) is 0 Å². The van der Waals surface area contributed by atoms with Gasteiger partial charge in [0.25, 0.3) is 5.91 Å². The third kappa shape index (κ3) is 2.57. The number of aromatic nitrogens is 2. The van der Waals surface area contributed by atoms with Gasteiger partial charge in [-0.3, -0.25) is 14.8 Å². The third-order valence-electron chi connectivity index (χ3n) is 4.35. The van der Waals surface area contributed by atoms with E-state index in [1.54, 1.807) is 24.5 Å². The van der Waals surface area contributed by atoms with Crippen LogP contribution in [0.25, 0.3) is 10.9 Å². The van der Waals surface area contributed by atoms with Gasteiger partial charge >= 0.3 is 0 Å². The molecule has 1 amide bonds. The Morgan fingerprint density at radius 1 is 1.00 bits per heavy atom. The Morgan fingerprint density at radius 2 is 1.78 bits per heavy atom. The molecule has 0 unspecified atom stereocenters. The van der Waals surface area contributed by atoms with Gasteiger partial charge in [0.1, 0.15) is 0 Å². The molecule has 3 aromatic rings. The summed E-state index contributed by atoms with van der Waals surface area (Å²) in [6, 6.07) is 11.5. The molecule has 0 radical (unpaired) electrons. The highest BCUT2D eigenvalue weighted by atomic mass is 16.1. The van der Waals surface area contributed by atoms with E-state index in [9.17, 15) is 4.79 Å². The first kappa shape index (κ1) is 13.9. The Labute approximate surface area is 134 Å². The number of carbonyl (C=O) groups is 1. The molecule has 0 atom stereocenters. The summed E-state index contributed by atoms with van der Waals surface area (Å²) < 4.78 is 0. The fourth-order valence-corrected chi connectivity index (χ4v) is 3.20. The van der Waals surface area contributed by atoms with E-state index in [0.717, 1.165) is 48.0 Å². The summed E-state index contributed by atoms with van der Waals surface area (Å²) in [5.74, 6) is -0.100. The van der Waals surface area contributed by atoms with Gasteiger partial charge in [0.15, 0.2) is 0 Å². The SMILES string of the molecule is O=C(Nc1c2c(nc3ccccc13)CCCC2)c1ccncc1. The van der Waals surface area contributed by atoms with Gasteiger partial charge in [-0.25, -0.2) is 0 Å². The Bertz CT molecular complexity index is 874. The van der Waals surface area contributed by atoms with Gasteiger partial charge in [-0.05, 0) is 49.4 Å². The van der Waals surface area contributed by atoms with Crippen LogP contribution < -0.4 is 5.32 Å². The Morgan fingerprint density at radius 3 is 2.65 bits per heavy atom. The minimum Gasteiger partial charge on any atom is -0.321 e. The van der Waals surface area contributed by atoms with Crippen LogP contribution in [0.1, 0.15) is 34.5 Å². The molecule has 4 heteroatoms. The number of para-hydroxylation sites is 1. The van der Waals surface area contributed by atoms with Gasteiger partial charge in [0, 0.05) is 29.0 Å². The second kappa shape index (κ2) is 5.80. The molecule has 2 aromatic heterocycles. The lowest BCUT2D eigenvalue weighted by Crippen LogP contribution is -2.17. The summed E-state index contributed by atoms with van der Waals surface area (Å²) in [6.45, 7) is 0. The second-order valence-electron chi connectivity index (χ2n) is 5.83. The van der Waals surface area contributed by atoms with Gasteiger partial charge in [0.2, 0.25) is 0 Å². The molecule has 114 valence electrons. The number of carbonyl (C=O) groups excluding carboxylic acids is 1. The number of fused-ring (bicyclic) bond motifs is 2. The fraction of sp³-hybridized carbons (Fsp3) is 0.211. The minimum absolute atomic E-state index is 0.100. The van der Waals surface area contributed by atoms with Crippen molar-refractivity contribution in [3.8, 4) is 0 Å². The maximum absolute atomic E-state index is 12.6. The van der Waals surface area contributed by atoms with E-state index in [2.05, 4.69) is 10.3 Å².